The Morgan fingerprint density at radius 1 is 1.33 bits per heavy atom. The van der Waals surface area contributed by atoms with Gasteiger partial charge in [-0.25, -0.2) is 24.1 Å². The molecule has 3 N–H and O–H groups in total. The van der Waals surface area contributed by atoms with Gasteiger partial charge in [-0.15, -0.1) is 11.3 Å². The van der Waals surface area contributed by atoms with Crippen molar-refractivity contribution in [1.82, 2.24) is 24.1 Å². The van der Waals surface area contributed by atoms with Crippen molar-refractivity contribution in [1.29, 1.82) is 0 Å². The first kappa shape index (κ1) is 23.2. The lowest BCUT2D eigenvalue weighted by Crippen LogP contribution is -2.33. The van der Waals surface area contributed by atoms with Crippen molar-refractivity contribution in [3.8, 4) is 28.6 Å². The minimum Gasteiger partial charge on any atom is -0.493 e. The molecule has 0 saturated carbocycles. The van der Waals surface area contributed by atoms with Gasteiger partial charge in [-0.3, -0.25) is 4.79 Å². The fourth-order valence-electron chi connectivity index (χ4n) is 3.78. The van der Waals surface area contributed by atoms with Gasteiger partial charge in [0.05, 0.1) is 13.4 Å². The molecule has 1 aromatic carbocycles. The molecule has 4 aromatic rings. The van der Waals surface area contributed by atoms with E-state index in [-0.39, 0.29) is 29.7 Å². The summed E-state index contributed by atoms with van der Waals surface area (Å²) in [5.74, 6) is -0.699. The van der Waals surface area contributed by atoms with Gasteiger partial charge in [-0.1, -0.05) is 0 Å². The van der Waals surface area contributed by atoms with Crippen LogP contribution in [0.2, 0.25) is 0 Å². The Morgan fingerprint density at radius 2 is 2.14 bits per heavy atom. The molecule has 186 valence electrons. The summed E-state index contributed by atoms with van der Waals surface area (Å²) < 4.78 is 18.0. The topological polar surface area (TPSA) is 163 Å². The summed E-state index contributed by atoms with van der Waals surface area (Å²) in [5.41, 5.74) is 0.560. The number of ether oxygens (including phenoxy) is 3. The number of aromatic amines is 1. The number of aryl methyl sites for hydroxylation is 1. The van der Waals surface area contributed by atoms with E-state index in [4.69, 9.17) is 9.47 Å². The van der Waals surface area contributed by atoms with Gasteiger partial charge in [0.15, 0.2) is 22.3 Å². The molecule has 0 spiro atoms. The van der Waals surface area contributed by atoms with Crippen LogP contribution in [0.3, 0.4) is 0 Å². The highest BCUT2D eigenvalue weighted by molar-refractivity contribution is 7.14. The molecule has 1 aliphatic rings. The summed E-state index contributed by atoms with van der Waals surface area (Å²) in [7, 11) is 2.97. The minimum atomic E-state index is -1.18. The van der Waals surface area contributed by atoms with Crippen LogP contribution >= 0.6 is 11.3 Å². The number of H-pyrrole nitrogens is 1. The van der Waals surface area contributed by atoms with E-state index in [1.54, 1.807) is 42.3 Å². The zero-order chi connectivity index (χ0) is 25.4. The average Bonchev–Trinajstić information content (AvgIpc) is 3.65. The van der Waals surface area contributed by atoms with E-state index in [0.29, 0.717) is 22.8 Å². The SMILES string of the molecule is COC(=O)c1csc(NC(=O)[C@H](Cc2cncn2C)n2c(O)c(-c3ccc4c(c3)OCO4)[nH]c2=O)n1. The van der Waals surface area contributed by atoms with Crippen molar-refractivity contribution < 1.29 is 28.9 Å². The van der Waals surface area contributed by atoms with Crippen molar-refractivity contribution in [2.45, 2.75) is 12.5 Å². The van der Waals surface area contributed by atoms with E-state index in [9.17, 15) is 19.5 Å². The summed E-state index contributed by atoms with van der Waals surface area (Å²) >= 11 is 1.02. The molecule has 0 unspecified atom stereocenters. The molecule has 0 saturated heterocycles. The molecule has 0 aliphatic carbocycles. The largest absolute Gasteiger partial charge is 0.493 e. The number of anilines is 1. The Labute approximate surface area is 206 Å². The normalized spacial score (nSPS) is 12.9. The minimum absolute atomic E-state index is 0.0312. The number of benzene rings is 1. The van der Waals surface area contributed by atoms with Crippen molar-refractivity contribution in [3.05, 3.63) is 58.0 Å². The summed E-state index contributed by atoms with van der Waals surface area (Å²) in [6.07, 6.45) is 3.15. The van der Waals surface area contributed by atoms with E-state index in [0.717, 1.165) is 15.9 Å². The lowest BCUT2D eigenvalue weighted by molar-refractivity contribution is -0.119. The number of hydrogen-bond donors (Lipinski definition) is 3. The summed E-state index contributed by atoms with van der Waals surface area (Å²) in [6.45, 7) is 0.0731. The number of aromatic hydroxyl groups is 1. The van der Waals surface area contributed by atoms with Crippen molar-refractivity contribution >= 4 is 28.3 Å². The van der Waals surface area contributed by atoms with E-state index >= 15 is 0 Å². The molecular weight excluding hydrogens is 492 g/mol. The van der Waals surface area contributed by atoms with Gasteiger partial charge in [0.25, 0.3) is 0 Å². The number of carbonyl (C=O) groups excluding carboxylic acids is 2. The number of aromatic nitrogens is 5. The van der Waals surface area contributed by atoms with E-state index < -0.39 is 29.5 Å². The molecule has 0 radical (unpaired) electrons. The number of carbonyl (C=O) groups is 2. The molecule has 13 nitrogen and oxygen atoms in total. The Hall–Kier alpha value is -4.59. The van der Waals surface area contributed by atoms with E-state index in [2.05, 4.69) is 25.0 Å². The maximum Gasteiger partial charge on any atom is 0.357 e. The standard InChI is InChI=1S/C22H20N6O7S/c1-27-9-23-7-12(27)6-14(18(29)26-21-24-13(8-36-21)20(31)33-2)28-19(30)17(25-22(28)32)11-3-4-15-16(5-11)35-10-34-15/h3-5,7-9,14,30H,6,10H2,1-2H3,(H,25,32)(H,24,26,29)/t14-/m0/s1. The quantitative estimate of drug-likeness (QED) is 0.313. The third-order valence-corrected chi connectivity index (χ3v) is 6.38. The summed E-state index contributed by atoms with van der Waals surface area (Å²) in [5, 5.41) is 15.3. The van der Waals surface area contributed by atoms with Gasteiger partial charge in [0.2, 0.25) is 18.6 Å². The zero-order valence-electron chi connectivity index (χ0n) is 19.0. The smallest absolute Gasteiger partial charge is 0.357 e. The van der Waals surface area contributed by atoms with Crippen molar-refractivity contribution in [2.24, 2.45) is 7.05 Å². The molecule has 3 aromatic heterocycles. The third kappa shape index (κ3) is 4.17. The van der Waals surface area contributed by atoms with Gasteiger partial charge in [-0.2, -0.15) is 0 Å². The van der Waals surface area contributed by atoms with Gasteiger partial charge in [0.1, 0.15) is 11.7 Å². The van der Waals surface area contributed by atoms with E-state index in [1.165, 1.54) is 12.5 Å². The van der Waals surface area contributed by atoms with Gasteiger partial charge >= 0.3 is 11.7 Å². The predicted molar refractivity (Wildman–Crippen MR) is 126 cm³/mol. The van der Waals surface area contributed by atoms with Crippen molar-refractivity contribution in [2.75, 3.05) is 19.2 Å². The lowest BCUT2D eigenvalue weighted by Gasteiger charge is -2.18. The average molecular weight is 513 g/mol. The predicted octanol–water partition coefficient (Wildman–Crippen LogP) is 1.68. The number of amides is 1. The van der Waals surface area contributed by atoms with Crippen LogP contribution in [0.4, 0.5) is 5.13 Å². The number of rotatable bonds is 7. The fraction of sp³-hybridized carbons (Fsp3) is 0.227. The number of nitrogens with one attached hydrogen (secondary N) is 2. The number of thiazole rings is 1. The second kappa shape index (κ2) is 9.22. The van der Waals surface area contributed by atoms with Gasteiger partial charge in [0, 0.05) is 36.3 Å². The van der Waals surface area contributed by atoms with Crippen LogP contribution in [0.25, 0.3) is 11.3 Å². The first-order valence-electron chi connectivity index (χ1n) is 10.6. The molecular formula is C22H20N6O7S. The molecule has 4 heterocycles. The summed E-state index contributed by atoms with van der Waals surface area (Å²) in [6, 6.07) is 3.76. The molecule has 1 aliphatic heterocycles. The molecule has 14 heteroatoms. The molecule has 0 bridgehead atoms. The lowest BCUT2D eigenvalue weighted by atomic mass is 10.1. The highest BCUT2D eigenvalue weighted by atomic mass is 32.1. The van der Waals surface area contributed by atoms with Gasteiger partial charge in [-0.05, 0) is 18.2 Å². The molecule has 5 rings (SSSR count). The van der Waals surface area contributed by atoms with Crippen LogP contribution in [0.1, 0.15) is 22.2 Å². The molecule has 1 amide bonds. The van der Waals surface area contributed by atoms with Gasteiger partial charge < -0.3 is 34.2 Å². The number of nitrogens with zero attached hydrogens (tertiary/aromatic N) is 4. The van der Waals surface area contributed by atoms with Crippen LogP contribution < -0.4 is 20.5 Å². The van der Waals surface area contributed by atoms with Crippen LogP contribution in [-0.4, -0.2) is 55.0 Å². The number of hydrogen-bond acceptors (Lipinski definition) is 10. The van der Waals surface area contributed by atoms with Crippen LogP contribution in [0.5, 0.6) is 17.4 Å². The number of fused-ring (bicyclic) bond motifs is 1. The zero-order valence-corrected chi connectivity index (χ0v) is 19.9. The Kier molecular flexibility index (Phi) is 5.93. The molecule has 1 atom stereocenters. The third-order valence-electron chi connectivity index (χ3n) is 5.63. The number of imidazole rings is 2. The van der Waals surface area contributed by atoms with Crippen LogP contribution in [0, 0.1) is 0 Å². The highest BCUT2D eigenvalue weighted by Gasteiger charge is 2.30. The number of esters is 1. The molecule has 36 heavy (non-hydrogen) atoms. The van der Waals surface area contributed by atoms with Crippen LogP contribution in [-0.2, 0) is 23.0 Å². The Balaban J connectivity index is 1.51. The maximum atomic E-state index is 13.4. The maximum absolute atomic E-state index is 13.4. The highest BCUT2D eigenvalue weighted by Crippen LogP contribution is 2.38. The summed E-state index contributed by atoms with van der Waals surface area (Å²) in [4.78, 5) is 48.9. The monoisotopic (exact) mass is 512 g/mol. The first-order chi connectivity index (χ1) is 17.4. The first-order valence-corrected chi connectivity index (χ1v) is 11.5. The van der Waals surface area contributed by atoms with E-state index in [1.807, 2.05) is 0 Å². The second-order valence-corrected chi connectivity index (χ2v) is 8.66. The molecule has 0 fully saturated rings. The second-order valence-electron chi connectivity index (χ2n) is 7.80. The van der Waals surface area contributed by atoms with Crippen LogP contribution in [0.15, 0.2) is 40.9 Å². The Bertz CT molecular complexity index is 1520. The van der Waals surface area contributed by atoms with Crippen molar-refractivity contribution in [3.63, 3.8) is 0 Å². The number of methoxy groups -OCH3 is 1. The Morgan fingerprint density at radius 3 is 2.89 bits per heavy atom. The fourth-order valence-corrected chi connectivity index (χ4v) is 4.46.